The van der Waals surface area contributed by atoms with E-state index in [1.807, 2.05) is 19.9 Å². The van der Waals surface area contributed by atoms with Gasteiger partial charge in [0, 0.05) is 35.6 Å². The van der Waals surface area contributed by atoms with Crippen molar-refractivity contribution in [2.45, 2.75) is 32.4 Å². The molecule has 1 amide bonds. The van der Waals surface area contributed by atoms with Crippen LogP contribution < -0.4 is 10.0 Å². The molecule has 4 rings (SSSR count). The van der Waals surface area contributed by atoms with Crippen molar-refractivity contribution in [2.75, 3.05) is 26.0 Å². The molecule has 1 aromatic heterocycles. The van der Waals surface area contributed by atoms with Crippen LogP contribution in [-0.4, -0.2) is 62.4 Å². The van der Waals surface area contributed by atoms with Crippen LogP contribution in [0.4, 0.5) is 0 Å². The molecule has 0 radical (unpaired) electrons. The Bertz CT molecular complexity index is 1090. The second-order valence-corrected chi connectivity index (χ2v) is 10.1. The Morgan fingerprint density at radius 1 is 1.40 bits per heavy atom. The lowest BCUT2D eigenvalue weighted by Crippen LogP contribution is -2.93. The minimum absolute atomic E-state index is 0.0959. The van der Waals surface area contributed by atoms with Gasteiger partial charge in [-0.3, -0.25) is 9.63 Å². The third-order valence-electron chi connectivity index (χ3n) is 5.69. The number of carbonyl (C=O) groups excluding carboxylic acids is 1. The van der Waals surface area contributed by atoms with Gasteiger partial charge < -0.3 is 10.3 Å². The number of H-pyrrole nitrogens is 1. The molecule has 4 N–H and O–H groups in total. The van der Waals surface area contributed by atoms with Crippen LogP contribution in [0, 0.1) is 5.92 Å². The van der Waals surface area contributed by atoms with Gasteiger partial charge in [0.05, 0.1) is 25.4 Å². The van der Waals surface area contributed by atoms with Crippen molar-refractivity contribution < 1.29 is 23.4 Å². The van der Waals surface area contributed by atoms with Gasteiger partial charge in [0.25, 0.3) is 5.91 Å². The summed E-state index contributed by atoms with van der Waals surface area (Å²) in [5, 5.41) is 4.88. The number of quaternary nitrogens is 1. The fraction of sp³-hybridized carbons (Fsp3) is 0.476. The molecule has 8 nitrogen and oxygen atoms in total. The van der Waals surface area contributed by atoms with Gasteiger partial charge in [0.15, 0.2) is 0 Å². The summed E-state index contributed by atoms with van der Waals surface area (Å²) < 4.78 is 24.8. The smallest absolute Gasteiger partial charge is 0.259 e. The summed E-state index contributed by atoms with van der Waals surface area (Å²) in [5.41, 5.74) is 4.86. The summed E-state index contributed by atoms with van der Waals surface area (Å²) in [6.07, 6.45) is 6.24. The molecule has 2 aliphatic rings. The molecule has 0 fully saturated rings. The van der Waals surface area contributed by atoms with E-state index in [2.05, 4.69) is 39.4 Å². The van der Waals surface area contributed by atoms with Crippen molar-refractivity contribution >= 4 is 32.4 Å². The first-order valence-corrected chi connectivity index (χ1v) is 12.2. The van der Waals surface area contributed by atoms with E-state index in [0.29, 0.717) is 12.6 Å². The first-order valence-electron chi connectivity index (χ1n) is 10.3. The average molecular weight is 434 g/mol. The maximum absolute atomic E-state index is 13.2. The van der Waals surface area contributed by atoms with E-state index >= 15 is 0 Å². The zero-order valence-electron chi connectivity index (χ0n) is 17.5. The minimum atomic E-state index is -3.29. The highest BCUT2D eigenvalue weighted by molar-refractivity contribution is 7.88. The molecule has 2 heterocycles. The Morgan fingerprint density at radius 3 is 2.93 bits per heavy atom. The van der Waals surface area contributed by atoms with Gasteiger partial charge in [0.2, 0.25) is 10.0 Å². The zero-order chi connectivity index (χ0) is 21.5. The van der Waals surface area contributed by atoms with E-state index in [1.54, 1.807) is 0 Å². The molecular formula is C21H29N4O4S+. The van der Waals surface area contributed by atoms with Crippen LogP contribution >= 0.6 is 0 Å². The number of hydroxylamine groups is 2. The van der Waals surface area contributed by atoms with E-state index in [0.717, 1.165) is 18.2 Å². The molecule has 2 aromatic rings. The number of nitrogens with one attached hydrogen (secondary N) is 2. The lowest BCUT2D eigenvalue weighted by atomic mass is 9.80. The lowest BCUT2D eigenvalue weighted by Gasteiger charge is -2.33. The summed E-state index contributed by atoms with van der Waals surface area (Å²) >= 11 is 0. The molecule has 0 bridgehead atoms. The molecular weight excluding hydrogens is 404 g/mol. The Morgan fingerprint density at radius 2 is 2.20 bits per heavy atom. The number of sulfonamides is 1. The van der Waals surface area contributed by atoms with Gasteiger partial charge in [0.1, 0.15) is 12.0 Å². The number of carbonyl (C=O) groups is 1. The second kappa shape index (κ2) is 8.14. The van der Waals surface area contributed by atoms with Crippen LogP contribution in [0.5, 0.6) is 0 Å². The number of aromatic amines is 1. The molecule has 162 valence electrons. The van der Waals surface area contributed by atoms with Gasteiger partial charge in [-0.05, 0) is 31.0 Å². The number of aromatic nitrogens is 1. The number of nitrogens with two attached hydrogens (primary N) is 1. The van der Waals surface area contributed by atoms with Crippen LogP contribution in [0.1, 0.15) is 25.0 Å². The van der Waals surface area contributed by atoms with Crippen molar-refractivity contribution in [1.82, 2.24) is 14.8 Å². The molecule has 0 saturated carbocycles. The van der Waals surface area contributed by atoms with Crippen molar-refractivity contribution in [3.8, 4) is 0 Å². The highest BCUT2D eigenvalue weighted by Crippen LogP contribution is 2.36. The number of rotatable bonds is 7. The van der Waals surface area contributed by atoms with E-state index in [9.17, 15) is 13.2 Å². The number of nitrogens with zero attached hydrogens (tertiary/aromatic N) is 1. The normalized spacial score (nSPS) is 20.9. The molecule has 2 atom stereocenters. The second-order valence-electron chi connectivity index (χ2n) is 8.31. The topological polar surface area (TPSA) is 108 Å². The fourth-order valence-corrected chi connectivity index (χ4v) is 4.85. The van der Waals surface area contributed by atoms with E-state index < -0.39 is 10.0 Å². The van der Waals surface area contributed by atoms with Crippen LogP contribution in [0.3, 0.4) is 0 Å². The lowest BCUT2D eigenvalue weighted by molar-refractivity contribution is -0.681. The largest absolute Gasteiger partial charge is 0.361 e. The van der Waals surface area contributed by atoms with Gasteiger partial charge >= 0.3 is 0 Å². The average Bonchev–Trinajstić information content (AvgIpc) is 3.10. The van der Waals surface area contributed by atoms with Crippen molar-refractivity contribution in [1.29, 1.82) is 0 Å². The van der Waals surface area contributed by atoms with Crippen LogP contribution in [0.2, 0.25) is 0 Å². The highest BCUT2D eigenvalue weighted by Gasteiger charge is 2.37. The Hall–Kier alpha value is -2.20. The number of hydrogen-bond donors (Lipinski definition) is 3. The minimum Gasteiger partial charge on any atom is -0.361 e. The van der Waals surface area contributed by atoms with Gasteiger partial charge in [-0.15, -0.1) is 0 Å². The number of hydrogen-bond acceptors (Lipinski definition) is 4. The monoisotopic (exact) mass is 433 g/mol. The molecule has 0 unspecified atom stereocenters. The van der Waals surface area contributed by atoms with Crippen molar-refractivity contribution in [3.05, 3.63) is 41.6 Å². The van der Waals surface area contributed by atoms with Crippen LogP contribution in [0.15, 0.2) is 30.5 Å². The number of fused-ring (bicyclic) bond motifs is 2. The molecule has 1 aromatic carbocycles. The van der Waals surface area contributed by atoms with E-state index in [1.165, 1.54) is 27.1 Å². The molecule has 0 saturated heterocycles. The maximum Gasteiger partial charge on any atom is 0.259 e. The number of amides is 1. The quantitative estimate of drug-likeness (QED) is 0.434. The van der Waals surface area contributed by atoms with Crippen LogP contribution in [-0.2, 0) is 26.1 Å². The third kappa shape index (κ3) is 4.15. The predicted octanol–water partition coefficient (Wildman–Crippen LogP) is 0.387. The summed E-state index contributed by atoms with van der Waals surface area (Å²) in [7, 11) is -3.29. The SMILES string of the molecule is CC(C)N(OCCNS(C)(=O)=O)C(=O)[C@@H]1C=C2c3cccc4[nH]cc(c34)C[C@H]2[NH2+]C1. The van der Waals surface area contributed by atoms with E-state index in [4.69, 9.17) is 4.84 Å². The summed E-state index contributed by atoms with van der Waals surface area (Å²) in [6, 6.07) is 6.42. The Kier molecular flexibility index (Phi) is 5.71. The number of benzene rings is 1. The highest BCUT2D eigenvalue weighted by atomic mass is 32.2. The predicted molar refractivity (Wildman–Crippen MR) is 115 cm³/mol. The van der Waals surface area contributed by atoms with E-state index in [-0.39, 0.29) is 31.0 Å². The summed E-state index contributed by atoms with van der Waals surface area (Å²) in [6.45, 7) is 4.65. The van der Waals surface area contributed by atoms with Crippen molar-refractivity contribution in [2.24, 2.45) is 5.92 Å². The zero-order valence-corrected chi connectivity index (χ0v) is 18.3. The summed E-state index contributed by atoms with van der Waals surface area (Å²) in [5.74, 6) is -0.393. The first-order chi connectivity index (χ1) is 14.2. The molecule has 1 aliphatic heterocycles. The van der Waals surface area contributed by atoms with Crippen LogP contribution in [0.25, 0.3) is 16.5 Å². The molecule has 9 heteroatoms. The maximum atomic E-state index is 13.2. The standard InChI is InChI=1S/C21H28N4O4S/c1-13(2)25(29-8-7-24-30(3,27)28)21(26)15-9-17-16-5-4-6-18-20(16)14(11-22-18)10-19(17)23-12-15/h4-6,9,11,13,15,19,22-24H,7-8,10,12H2,1-3H3/p+1/t15-,19-/m1/s1. The van der Waals surface area contributed by atoms with Gasteiger partial charge in [-0.2, -0.15) is 0 Å². The van der Waals surface area contributed by atoms with Gasteiger partial charge in [-0.25, -0.2) is 18.2 Å². The summed E-state index contributed by atoms with van der Waals surface area (Å²) in [4.78, 5) is 22.2. The molecule has 1 aliphatic carbocycles. The molecule has 30 heavy (non-hydrogen) atoms. The van der Waals surface area contributed by atoms with Crippen molar-refractivity contribution in [3.63, 3.8) is 0 Å². The first kappa shape index (κ1) is 21.0. The fourth-order valence-electron chi connectivity index (χ4n) is 4.40. The Labute approximate surface area is 176 Å². The van der Waals surface area contributed by atoms with Gasteiger partial charge in [-0.1, -0.05) is 18.2 Å². The Balaban J connectivity index is 1.53. The molecule has 0 spiro atoms. The third-order valence-corrected chi connectivity index (χ3v) is 6.42.